The number of aromatic nitrogens is 2. The molecule has 7 nitrogen and oxygen atoms in total. The van der Waals surface area contributed by atoms with E-state index in [1.165, 1.54) is 40.1 Å². The van der Waals surface area contributed by atoms with Gasteiger partial charge in [0.05, 0.1) is 10.5 Å². The smallest absolute Gasteiger partial charge is 0.335 e. The van der Waals surface area contributed by atoms with Gasteiger partial charge in [-0.25, -0.2) is 4.79 Å². The number of nitrogens with zero attached hydrogens (tertiary/aromatic N) is 4. The van der Waals surface area contributed by atoms with Gasteiger partial charge in [0, 0.05) is 7.05 Å². The Balaban J connectivity index is 1.83. The van der Waals surface area contributed by atoms with Gasteiger partial charge in [-0.15, -0.1) is 10.2 Å². The van der Waals surface area contributed by atoms with Crippen LogP contribution in [0.5, 0.6) is 0 Å². The molecule has 0 spiro atoms. The van der Waals surface area contributed by atoms with E-state index in [2.05, 4.69) is 15.2 Å². The van der Waals surface area contributed by atoms with Gasteiger partial charge in [0.15, 0.2) is 5.17 Å². The molecule has 1 saturated heterocycles. The highest BCUT2D eigenvalue weighted by molar-refractivity contribution is 8.18. The number of aliphatic imine (C=N–C) groups is 1. The van der Waals surface area contributed by atoms with Crippen molar-refractivity contribution in [2.45, 2.75) is 13.3 Å². The van der Waals surface area contributed by atoms with E-state index in [1.54, 1.807) is 25.3 Å². The predicted octanol–water partition coefficient (Wildman–Crippen LogP) is 3.03. The summed E-state index contributed by atoms with van der Waals surface area (Å²) in [5, 5.41) is 18.9. The fraction of sp³-hybridized carbons (Fsp3) is 0.188. The van der Waals surface area contributed by atoms with Crippen molar-refractivity contribution in [1.29, 1.82) is 0 Å². The molecule has 1 aliphatic rings. The van der Waals surface area contributed by atoms with Crippen LogP contribution < -0.4 is 0 Å². The number of carbonyl (C=O) groups is 2. The SMILES string of the molecule is CCc1nnc(/N=C2/S/C(=C/c3ccc(C(=O)O)cc3)C(=O)N2C)s1. The number of hydrogen-bond donors (Lipinski definition) is 1. The van der Waals surface area contributed by atoms with Gasteiger partial charge in [0.1, 0.15) is 5.01 Å². The van der Waals surface area contributed by atoms with Gasteiger partial charge in [0.25, 0.3) is 5.91 Å². The third-order valence-electron chi connectivity index (χ3n) is 3.41. The second-order valence-electron chi connectivity index (χ2n) is 5.13. The Morgan fingerprint density at radius 3 is 2.64 bits per heavy atom. The lowest BCUT2D eigenvalue weighted by Gasteiger charge is -2.05. The van der Waals surface area contributed by atoms with Gasteiger partial charge in [-0.3, -0.25) is 9.69 Å². The highest BCUT2D eigenvalue weighted by Crippen LogP contribution is 2.33. The zero-order chi connectivity index (χ0) is 18.0. The van der Waals surface area contributed by atoms with E-state index in [0.29, 0.717) is 15.2 Å². The zero-order valence-corrected chi connectivity index (χ0v) is 15.1. The van der Waals surface area contributed by atoms with Crippen molar-refractivity contribution in [2.75, 3.05) is 7.05 Å². The number of likely N-dealkylation sites (N-methyl/N-ethyl adjacent to an activating group) is 1. The first-order chi connectivity index (χ1) is 12.0. The van der Waals surface area contributed by atoms with Crippen LogP contribution in [0.25, 0.3) is 6.08 Å². The van der Waals surface area contributed by atoms with E-state index in [0.717, 1.165) is 17.0 Å². The van der Waals surface area contributed by atoms with E-state index in [4.69, 9.17) is 5.11 Å². The minimum atomic E-state index is -0.983. The van der Waals surface area contributed by atoms with Crippen LogP contribution in [0, 0.1) is 0 Å². The summed E-state index contributed by atoms with van der Waals surface area (Å²) in [6.45, 7) is 1.99. The van der Waals surface area contributed by atoms with Crippen LogP contribution in [0.3, 0.4) is 0 Å². The highest BCUT2D eigenvalue weighted by atomic mass is 32.2. The van der Waals surface area contributed by atoms with E-state index >= 15 is 0 Å². The number of aryl methyl sites for hydroxylation is 1. The molecule has 0 saturated carbocycles. The van der Waals surface area contributed by atoms with Crippen molar-refractivity contribution in [3.8, 4) is 0 Å². The van der Waals surface area contributed by atoms with Crippen LogP contribution in [0.15, 0.2) is 34.2 Å². The summed E-state index contributed by atoms with van der Waals surface area (Å²) in [6.07, 6.45) is 2.51. The Morgan fingerprint density at radius 2 is 2.04 bits per heavy atom. The number of carboxylic acids is 1. The number of carboxylic acid groups (broad SMARTS) is 1. The first-order valence-electron chi connectivity index (χ1n) is 7.40. The number of amidine groups is 1. The minimum Gasteiger partial charge on any atom is -0.478 e. The second kappa shape index (κ2) is 7.16. The molecule has 0 radical (unpaired) electrons. The van der Waals surface area contributed by atoms with Gasteiger partial charge in [0.2, 0.25) is 5.13 Å². The summed E-state index contributed by atoms with van der Waals surface area (Å²) in [6, 6.07) is 6.34. The minimum absolute atomic E-state index is 0.161. The fourth-order valence-electron chi connectivity index (χ4n) is 2.04. The Labute approximate surface area is 152 Å². The summed E-state index contributed by atoms with van der Waals surface area (Å²) in [5.74, 6) is -1.14. The monoisotopic (exact) mass is 374 g/mol. The normalized spacial score (nSPS) is 17.7. The van der Waals surface area contributed by atoms with Gasteiger partial charge >= 0.3 is 5.97 Å². The maximum Gasteiger partial charge on any atom is 0.335 e. The number of carbonyl (C=O) groups excluding carboxylic acids is 1. The largest absolute Gasteiger partial charge is 0.478 e. The lowest BCUT2D eigenvalue weighted by Crippen LogP contribution is -2.23. The number of thioether (sulfide) groups is 1. The maximum absolute atomic E-state index is 12.4. The van der Waals surface area contributed by atoms with Crippen LogP contribution in [0.4, 0.5) is 5.13 Å². The molecule has 1 aliphatic heterocycles. The van der Waals surface area contributed by atoms with Gasteiger partial charge in [-0.1, -0.05) is 30.4 Å². The molecule has 3 rings (SSSR count). The topological polar surface area (TPSA) is 95.7 Å². The molecule has 2 heterocycles. The summed E-state index contributed by atoms with van der Waals surface area (Å²) in [7, 11) is 1.66. The number of hydrogen-bond acceptors (Lipinski definition) is 7. The van der Waals surface area contributed by atoms with Crippen LogP contribution in [0.1, 0.15) is 27.9 Å². The molecule has 128 valence electrons. The van der Waals surface area contributed by atoms with Crippen molar-refractivity contribution >= 4 is 51.4 Å². The summed E-state index contributed by atoms with van der Waals surface area (Å²) in [5.41, 5.74) is 0.953. The average molecular weight is 374 g/mol. The molecule has 1 aromatic heterocycles. The van der Waals surface area contributed by atoms with Crippen LogP contribution in [-0.2, 0) is 11.2 Å². The van der Waals surface area contributed by atoms with Crippen molar-refractivity contribution < 1.29 is 14.7 Å². The molecule has 1 N–H and O–H groups in total. The van der Waals surface area contributed by atoms with E-state index in [1.807, 2.05) is 6.92 Å². The molecular weight excluding hydrogens is 360 g/mol. The Bertz CT molecular complexity index is 887. The fourth-order valence-corrected chi connectivity index (χ4v) is 3.72. The van der Waals surface area contributed by atoms with Crippen molar-refractivity contribution in [2.24, 2.45) is 4.99 Å². The molecule has 0 atom stereocenters. The van der Waals surface area contributed by atoms with Gasteiger partial charge < -0.3 is 5.11 Å². The number of aromatic carboxylic acids is 1. The molecular formula is C16H14N4O3S2. The third-order valence-corrected chi connectivity index (χ3v) is 5.43. The van der Waals surface area contributed by atoms with Crippen molar-refractivity contribution in [1.82, 2.24) is 15.1 Å². The van der Waals surface area contributed by atoms with E-state index in [9.17, 15) is 9.59 Å². The molecule has 2 aromatic rings. The van der Waals surface area contributed by atoms with Gasteiger partial charge in [-0.05, 0) is 42.0 Å². The number of benzene rings is 1. The lowest BCUT2D eigenvalue weighted by atomic mass is 10.1. The van der Waals surface area contributed by atoms with Crippen LogP contribution >= 0.6 is 23.1 Å². The van der Waals surface area contributed by atoms with Crippen molar-refractivity contribution in [3.63, 3.8) is 0 Å². The summed E-state index contributed by atoms with van der Waals surface area (Å²) < 4.78 is 0. The second-order valence-corrected chi connectivity index (χ2v) is 7.18. The summed E-state index contributed by atoms with van der Waals surface area (Å²) in [4.78, 5) is 29.6. The van der Waals surface area contributed by atoms with Gasteiger partial charge in [-0.2, -0.15) is 4.99 Å². The average Bonchev–Trinajstić information content (AvgIpc) is 3.16. The van der Waals surface area contributed by atoms with Crippen molar-refractivity contribution in [3.05, 3.63) is 45.3 Å². The Hall–Kier alpha value is -2.52. The molecule has 0 bridgehead atoms. The Morgan fingerprint density at radius 1 is 1.32 bits per heavy atom. The van der Waals surface area contributed by atoms with Crippen LogP contribution in [-0.4, -0.2) is 44.3 Å². The highest BCUT2D eigenvalue weighted by Gasteiger charge is 2.30. The predicted molar refractivity (Wildman–Crippen MR) is 98.1 cm³/mol. The quantitative estimate of drug-likeness (QED) is 0.827. The molecule has 9 heteroatoms. The first-order valence-corrected chi connectivity index (χ1v) is 9.03. The molecule has 0 unspecified atom stereocenters. The standard InChI is InChI=1S/C16H14N4O3S2/c1-3-12-18-19-15(25-12)17-16-20(2)13(21)11(24-16)8-9-4-6-10(7-5-9)14(22)23/h4-8H,3H2,1-2H3,(H,22,23)/b11-8+,17-16+. The Kier molecular flexibility index (Phi) is 4.95. The molecule has 0 aliphatic carbocycles. The number of amides is 1. The number of rotatable bonds is 4. The van der Waals surface area contributed by atoms with Crippen LogP contribution in [0.2, 0.25) is 0 Å². The first kappa shape index (κ1) is 17.3. The molecule has 25 heavy (non-hydrogen) atoms. The van der Waals surface area contributed by atoms with E-state index < -0.39 is 5.97 Å². The summed E-state index contributed by atoms with van der Waals surface area (Å²) >= 11 is 2.65. The lowest BCUT2D eigenvalue weighted by molar-refractivity contribution is -0.121. The maximum atomic E-state index is 12.4. The third kappa shape index (κ3) is 3.77. The molecule has 1 fully saturated rings. The van der Waals surface area contributed by atoms with E-state index in [-0.39, 0.29) is 11.5 Å². The molecule has 1 aromatic carbocycles. The zero-order valence-electron chi connectivity index (χ0n) is 13.5. The molecule has 1 amide bonds.